The predicted octanol–water partition coefficient (Wildman–Crippen LogP) is 2.91. The first-order chi connectivity index (χ1) is 9.95. The second-order valence-electron chi connectivity index (χ2n) is 6.06. The lowest BCUT2D eigenvalue weighted by Crippen LogP contribution is -2.00. The number of fused-ring (bicyclic) bond motifs is 1. The Balaban J connectivity index is 2.05. The fourth-order valence-electron chi connectivity index (χ4n) is 2.28. The fraction of sp³-hybridized carbons (Fsp3) is 0.571. The Morgan fingerprint density at radius 2 is 1.90 bits per heavy atom. The van der Waals surface area contributed by atoms with Crippen molar-refractivity contribution in [1.29, 1.82) is 0 Å². The Morgan fingerprint density at radius 3 is 2.57 bits per heavy atom. The molecule has 0 aromatic carbocycles. The molecule has 0 saturated carbocycles. The van der Waals surface area contributed by atoms with Gasteiger partial charge in [-0.2, -0.15) is 14.7 Å². The monoisotopic (exact) mass is 304 g/mol. The van der Waals surface area contributed by atoms with Gasteiger partial charge in [0.25, 0.3) is 0 Å². The molecule has 3 aromatic rings. The summed E-state index contributed by atoms with van der Waals surface area (Å²) in [5.74, 6) is 1.74. The molecule has 0 atom stereocenters. The van der Waals surface area contributed by atoms with Gasteiger partial charge in [-0.3, -0.25) is 4.68 Å². The van der Waals surface area contributed by atoms with E-state index in [1.165, 1.54) is 0 Å². The summed E-state index contributed by atoms with van der Waals surface area (Å²) < 4.78 is 3.69. The van der Waals surface area contributed by atoms with Crippen molar-refractivity contribution in [2.24, 2.45) is 13.0 Å². The summed E-state index contributed by atoms with van der Waals surface area (Å²) in [6, 6.07) is 2.09. The highest BCUT2D eigenvalue weighted by Crippen LogP contribution is 2.25. The van der Waals surface area contributed by atoms with Gasteiger partial charge in [-0.05, 0) is 18.4 Å². The van der Waals surface area contributed by atoms with Gasteiger partial charge in [-0.15, -0.1) is 10.2 Å². The molecule has 0 fully saturated rings. The topological polar surface area (TPSA) is 60.9 Å². The molecule has 0 aliphatic heterocycles. The van der Waals surface area contributed by atoms with Crippen LogP contribution in [0, 0.1) is 5.92 Å². The molecule has 0 bridgehead atoms. The van der Waals surface area contributed by atoms with Crippen LogP contribution in [0.1, 0.15) is 44.3 Å². The van der Waals surface area contributed by atoms with E-state index in [-0.39, 0.29) is 0 Å². The van der Waals surface area contributed by atoms with Crippen LogP contribution in [0.3, 0.4) is 0 Å². The zero-order chi connectivity index (χ0) is 15.1. The Labute approximate surface area is 127 Å². The number of rotatable bonds is 4. The molecule has 0 aliphatic carbocycles. The van der Waals surface area contributed by atoms with Gasteiger partial charge in [-0.1, -0.05) is 39.0 Å². The third-order valence-electron chi connectivity index (χ3n) is 3.28. The largest absolute Gasteiger partial charge is 0.264 e. The molecular formula is C14H20N6S. The van der Waals surface area contributed by atoms with E-state index >= 15 is 0 Å². The van der Waals surface area contributed by atoms with E-state index in [9.17, 15) is 0 Å². The molecule has 0 saturated heterocycles. The van der Waals surface area contributed by atoms with Crippen molar-refractivity contribution >= 4 is 16.3 Å². The number of hydrogen-bond acceptors (Lipinski definition) is 5. The minimum Gasteiger partial charge on any atom is -0.264 e. The van der Waals surface area contributed by atoms with Gasteiger partial charge in [0.1, 0.15) is 10.7 Å². The average molecular weight is 304 g/mol. The molecule has 21 heavy (non-hydrogen) atoms. The van der Waals surface area contributed by atoms with E-state index in [1.807, 2.05) is 16.2 Å². The average Bonchev–Trinajstić information content (AvgIpc) is 3.02. The van der Waals surface area contributed by atoms with Crippen molar-refractivity contribution in [2.45, 2.75) is 40.0 Å². The third-order valence-corrected chi connectivity index (χ3v) is 4.48. The van der Waals surface area contributed by atoms with Crippen molar-refractivity contribution in [3.05, 3.63) is 16.8 Å². The SMILES string of the molecule is CC(C)Cc1cc(-c2nnc3sc(C(C)C)nn23)n(C)n1. The van der Waals surface area contributed by atoms with Gasteiger partial charge in [0, 0.05) is 13.0 Å². The lowest BCUT2D eigenvalue weighted by atomic mass is 10.1. The van der Waals surface area contributed by atoms with E-state index in [1.54, 1.807) is 11.3 Å². The van der Waals surface area contributed by atoms with E-state index in [0.29, 0.717) is 11.8 Å². The molecule has 6 nitrogen and oxygen atoms in total. The lowest BCUT2D eigenvalue weighted by Gasteiger charge is -1.98. The maximum absolute atomic E-state index is 4.63. The molecule has 0 radical (unpaired) electrons. The third kappa shape index (κ3) is 2.57. The van der Waals surface area contributed by atoms with Gasteiger partial charge in [0.05, 0.1) is 5.69 Å². The molecule has 3 aromatic heterocycles. The van der Waals surface area contributed by atoms with Crippen LogP contribution in [0.5, 0.6) is 0 Å². The van der Waals surface area contributed by atoms with E-state index in [4.69, 9.17) is 0 Å². The predicted molar refractivity (Wildman–Crippen MR) is 83.5 cm³/mol. The number of aromatic nitrogens is 6. The van der Waals surface area contributed by atoms with Crippen molar-refractivity contribution in [3.8, 4) is 11.5 Å². The summed E-state index contributed by atoms with van der Waals surface area (Å²) in [5.41, 5.74) is 2.04. The molecule has 112 valence electrons. The zero-order valence-electron chi connectivity index (χ0n) is 13.0. The molecule has 3 rings (SSSR count). The summed E-state index contributed by atoms with van der Waals surface area (Å²) in [6.45, 7) is 8.66. The Hall–Kier alpha value is -1.76. The van der Waals surface area contributed by atoms with E-state index in [0.717, 1.165) is 33.6 Å². The van der Waals surface area contributed by atoms with Crippen molar-refractivity contribution in [1.82, 2.24) is 29.6 Å². The van der Waals surface area contributed by atoms with Crippen LogP contribution in [0.4, 0.5) is 0 Å². The normalized spacial score (nSPS) is 12.1. The van der Waals surface area contributed by atoms with Crippen LogP contribution < -0.4 is 0 Å². The molecule has 0 unspecified atom stereocenters. The summed E-state index contributed by atoms with van der Waals surface area (Å²) >= 11 is 1.59. The first-order valence-corrected chi connectivity index (χ1v) is 8.02. The van der Waals surface area contributed by atoms with Gasteiger partial charge in [0.15, 0.2) is 0 Å². The van der Waals surface area contributed by atoms with Crippen molar-refractivity contribution in [3.63, 3.8) is 0 Å². The standard InChI is InChI=1S/C14H20N6S/c1-8(2)6-10-7-11(19(5)17-10)12-15-16-14-20(12)18-13(21-14)9(3)4/h7-9H,6H2,1-5H3. The first-order valence-electron chi connectivity index (χ1n) is 7.21. The lowest BCUT2D eigenvalue weighted by molar-refractivity contribution is 0.621. The van der Waals surface area contributed by atoms with Crippen LogP contribution in [0.15, 0.2) is 6.07 Å². The maximum Gasteiger partial charge on any atom is 0.235 e. The molecule has 3 heterocycles. The molecule has 7 heteroatoms. The second kappa shape index (κ2) is 5.22. The number of nitrogens with zero attached hydrogens (tertiary/aromatic N) is 6. The van der Waals surface area contributed by atoms with E-state index in [2.05, 4.69) is 54.2 Å². The van der Waals surface area contributed by atoms with Crippen LogP contribution in [-0.4, -0.2) is 29.6 Å². The van der Waals surface area contributed by atoms with Gasteiger partial charge < -0.3 is 0 Å². The number of hydrogen-bond donors (Lipinski definition) is 0. The Kier molecular flexibility index (Phi) is 3.52. The van der Waals surface area contributed by atoms with Crippen molar-refractivity contribution in [2.75, 3.05) is 0 Å². The first kappa shape index (κ1) is 14.2. The molecular weight excluding hydrogens is 284 g/mol. The van der Waals surface area contributed by atoms with Crippen LogP contribution in [0.25, 0.3) is 16.5 Å². The second-order valence-corrected chi connectivity index (χ2v) is 7.04. The summed E-state index contributed by atoms with van der Waals surface area (Å²) in [6.07, 6.45) is 0.962. The van der Waals surface area contributed by atoms with Gasteiger partial charge in [0.2, 0.25) is 10.8 Å². The zero-order valence-corrected chi connectivity index (χ0v) is 13.8. The summed E-state index contributed by atoms with van der Waals surface area (Å²) in [7, 11) is 1.94. The maximum atomic E-state index is 4.63. The quantitative estimate of drug-likeness (QED) is 0.743. The highest BCUT2D eigenvalue weighted by Gasteiger charge is 2.18. The highest BCUT2D eigenvalue weighted by atomic mass is 32.1. The van der Waals surface area contributed by atoms with Gasteiger partial charge in [-0.25, -0.2) is 0 Å². The molecule has 0 amide bonds. The Morgan fingerprint density at radius 1 is 1.14 bits per heavy atom. The van der Waals surface area contributed by atoms with Gasteiger partial charge >= 0.3 is 0 Å². The Bertz CT molecular complexity index is 764. The fourth-order valence-corrected chi connectivity index (χ4v) is 3.12. The highest BCUT2D eigenvalue weighted by molar-refractivity contribution is 7.16. The minimum absolute atomic E-state index is 0.396. The molecule has 0 aliphatic rings. The van der Waals surface area contributed by atoms with Crippen LogP contribution >= 0.6 is 11.3 Å². The molecule has 0 spiro atoms. The minimum atomic E-state index is 0.396. The smallest absolute Gasteiger partial charge is 0.235 e. The summed E-state index contributed by atoms with van der Waals surface area (Å²) in [4.78, 5) is 0.834. The van der Waals surface area contributed by atoms with E-state index < -0.39 is 0 Å². The molecule has 0 N–H and O–H groups in total. The number of aryl methyl sites for hydroxylation is 1. The van der Waals surface area contributed by atoms with Crippen LogP contribution in [-0.2, 0) is 13.5 Å². The summed E-state index contributed by atoms with van der Waals surface area (Å²) in [5, 5.41) is 18.8. The van der Waals surface area contributed by atoms with Crippen LogP contribution in [0.2, 0.25) is 0 Å². The van der Waals surface area contributed by atoms with Crippen molar-refractivity contribution < 1.29 is 0 Å².